The third-order valence-electron chi connectivity index (χ3n) is 4.35. The van der Waals surface area contributed by atoms with Crippen LogP contribution in [-0.4, -0.2) is 57.3 Å². The quantitative estimate of drug-likeness (QED) is 0.835. The molecule has 22 heavy (non-hydrogen) atoms. The van der Waals surface area contributed by atoms with E-state index >= 15 is 0 Å². The van der Waals surface area contributed by atoms with E-state index in [1.165, 1.54) is 0 Å². The van der Waals surface area contributed by atoms with E-state index < -0.39 is 0 Å². The first-order valence-electron chi connectivity index (χ1n) is 7.46. The Labute approximate surface area is 137 Å². The molecule has 0 aliphatic carbocycles. The number of imidazole rings is 1. The highest BCUT2D eigenvalue weighted by atomic mass is 35.5. The van der Waals surface area contributed by atoms with Gasteiger partial charge in [0.2, 0.25) is 11.8 Å². The molecule has 0 spiro atoms. The summed E-state index contributed by atoms with van der Waals surface area (Å²) in [6, 6.07) is 0.265. The Morgan fingerprint density at radius 3 is 2.50 bits per heavy atom. The Balaban J connectivity index is 0.00000242. The maximum absolute atomic E-state index is 12.2. The van der Waals surface area contributed by atoms with Gasteiger partial charge in [-0.25, -0.2) is 4.98 Å². The van der Waals surface area contributed by atoms with Gasteiger partial charge in [-0.3, -0.25) is 9.59 Å². The van der Waals surface area contributed by atoms with Gasteiger partial charge in [0.15, 0.2) is 0 Å². The van der Waals surface area contributed by atoms with Gasteiger partial charge in [-0.05, 0) is 12.8 Å². The molecule has 0 aromatic carbocycles. The number of likely N-dealkylation sites (tertiary alicyclic amines) is 1. The predicted octanol–water partition coefficient (Wildman–Crippen LogP) is 1.24. The van der Waals surface area contributed by atoms with Gasteiger partial charge in [0.25, 0.3) is 0 Å². The van der Waals surface area contributed by atoms with Crippen LogP contribution in [0.15, 0.2) is 12.4 Å². The van der Waals surface area contributed by atoms with Gasteiger partial charge >= 0.3 is 0 Å². The third kappa shape index (κ3) is 4.47. The molecule has 1 aliphatic heterocycles. The SMILES string of the molecule is CC(=O)N(C)C1CCN(C(=O)CCc2nccn2C)CC1.Cl. The zero-order valence-electron chi connectivity index (χ0n) is 13.5. The van der Waals surface area contributed by atoms with Gasteiger partial charge in [-0.15, -0.1) is 12.4 Å². The fourth-order valence-corrected chi connectivity index (χ4v) is 2.77. The lowest BCUT2D eigenvalue weighted by molar-refractivity contribution is -0.134. The van der Waals surface area contributed by atoms with E-state index in [0.29, 0.717) is 12.8 Å². The molecule has 0 unspecified atom stereocenters. The van der Waals surface area contributed by atoms with E-state index in [1.54, 1.807) is 18.0 Å². The van der Waals surface area contributed by atoms with Gasteiger partial charge < -0.3 is 14.4 Å². The smallest absolute Gasteiger partial charge is 0.223 e. The summed E-state index contributed by atoms with van der Waals surface area (Å²) in [7, 11) is 3.78. The molecule has 0 saturated carbocycles. The number of nitrogens with zero attached hydrogens (tertiary/aromatic N) is 4. The Morgan fingerprint density at radius 2 is 2.00 bits per heavy atom. The average Bonchev–Trinajstić information content (AvgIpc) is 2.89. The largest absolute Gasteiger partial charge is 0.343 e. The summed E-state index contributed by atoms with van der Waals surface area (Å²) in [4.78, 5) is 31.5. The fraction of sp³-hybridized carbons (Fsp3) is 0.667. The normalized spacial score (nSPS) is 15.3. The van der Waals surface area contributed by atoms with Crippen LogP contribution in [0.25, 0.3) is 0 Å². The zero-order chi connectivity index (χ0) is 15.4. The second kappa shape index (κ2) is 8.17. The van der Waals surface area contributed by atoms with Crippen LogP contribution in [0, 0.1) is 0 Å². The third-order valence-corrected chi connectivity index (χ3v) is 4.35. The first-order chi connectivity index (χ1) is 9.99. The van der Waals surface area contributed by atoms with E-state index in [2.05, 4.69) is 4.98 Å². The minimum absolute atomic E-state index is 0. The molecule has 0 N–H and O–H groups in total. The molecule has 1 saturated heterocycles. The van der Waals surface area contributed by atoms with Crippen molar-refractivity contribution in [3.8, 4) is 0 Å². The van der Waals surface area contributed by atoms with Crippen molar-refractivity contribution in [3.05, 3.63) is 18.2 Å². The monoisotopic (exact) mass is 328 g/mol. The molecule has 0 bridgehead atoms. The standard InChI is InChI=1S/C15H24N4O2.ClH/c1-12(20)18(3)13-6-9-19(10-7-13)15(21)5-4-14-16-8-11-17(14)2;/h8,11,13H,4-7,9-10H2,1-3H3;1H. The molecule has 2 amide bonds. The van der Waals surface area contributed by atoms with E-state index in [-0.39, 0.29) is 30.3 Å². The van der Waals surface area contributed by atoms with Crippen molar-refractivity contribution in [1.82, 2.24) is 19.4 Å². The molecule has 2 heterocycles. The number of carbonyl (C=O) groups excluding carboxylic acids is 2. The number of rotatable bonds is 4. The van der Waals surface area contributed by atoms with Crippen molar-refractivity contribution in [2.45, 2.75) is 38.6 Å². The molecule has 6 nitrogen and oxygen atoms in total. The number of halogens is 1. The van der Waals surface area contributed by atoms with Crippen LogP contribution in [0.4, 0.5) is 0 Å². The molecular weight excluding hydrogens is 304 g/mol. The number of hydrogen-bond acceptors (Lipinski definition) is 3. The second-order valence-electron chi connectivity index (χ2n) is 5.70. The lowest BCUT2D eigenvalue weighted by atomic mass is 10.0. The van der Waals surface area contributed by atoms with Crippen molar-refractivity contribution in [1.29, 1.82) is 0 Å². The van der Waals surface area contributed by atoms with Gasteiger partial charge in [0.1, 0.15) is 5.82 Å². The molecular formula is C15H25ClN4O2. The molecule has 2 rings (SSSR count). The zero-order valence-corrected chi connectivity index (χ0v) is 14.3. The topological polar surface area (TPSA) is 58.4 Å². The maximum atomic E-state index is 12.2. The molecule has 124 valence electrons. The van der Waals surface area contributed by atoms with Crippen LogP contribution >= 0.6 is 12.4 Å². The molecule has 0 atom stereocenters. The summed E-state index contributed by atoms with van der Waals surface area (Å²) < 4.78 is 1.95. The molecule has 1 aromatic heterocycles. The summed E-state index contributed by atoms with van der Waals surface area (Å²) >= 11 is 0. The Kier molecular flexibility index (Phi) is 6.87. The Morgan fingerprint density at radius 1 is 1.36 bits per heavy atom. The van der Waals surface area contributed by atoms with Crippen molar-refractivity contribution >= 4 is 24.2 Å². The second-order valence-corrected chi connectivity index (χ2v) is 5.70. The predicted molar refractivity (Wildman–Crippen MR) is 86.8 cm³/mol. The van der Waals surface area contributed by atoms with E-state index in [0.717, 1.165) is 31.8 Å². The lowest BCUT2D eigenvalue weighted by Gasteiger charge is -2.36. The van der Waals surface area contributed by atoms with E-state index in [9.17, 15) is 9.59 Å². The van der Waals surface area contributed by atoms with Crippen LogP contribution in [-0.2, 0) is 23.1 Å². The summed E-state index contributed by atoms with van der Waals surface area (Å²) in [6.07, 6.45) is 6.55. The Bertz CT molecular complexity index is 509. The molecule has 1 aliphatic rings. The van der Waals surface area contributed by atoms with Gasteiger partial charge in [0, 0.05) is 65.4 Å². The van der Waals surface area contributed by atoms with Crippen LogP contribution in [0.5, 0.6) is 0 Å². The summed E-state index contributed by atoms with van der Waals surface area (Å²) in [5.74, 6) is 1.21. The summed E-state index contributed by atoms with van der Waals surface area (Å²) in [5, 5.41) is 0. The fourth-order valence-electron chi connectivity index (χ4n) is 2.77. The maximum Gasteiger partial charge on any atom is 0.223 e. The van der Waals surface area contributed by atoms with Gasteiger partial charge in [-0.1, -0.05) is 0 Å². The Hall–Kier alpha value is -1.56. The van der Waals surface area contributed by atoms with Crippen molar-refractivity contribution in [2.24, 2.45) is 7.05 Å². The van der Waals surface area contributed by atoms with E-state index in [1.807, 2.05) is 29.8 Å². The molecule has 7 heteroatoms. The number of carbonyl (C=O) groups is 2. The number of aromatic nitrogens is 2. The number of piperidine rings is 1. The van der Waals surface area contributed by atoms with Crippen molar-refractivity contribution in [3.63, 3.8) is 0 Å². The minimum Gasteiger partial charge on any atom is -0.343 e. The number of amides is 2. The summed E-state index contributed by atoms with van der Waals surface area (Å²) in [5.41, 5.74) is 0. The minimum atomic E-state index is 0. The first kappa shape index (κ1) is 18.5. The van der Waals surface area contributed by atoms with Crippen LogP contribution in [0.2, 0.25) is 0 Å². The average molecular weight is 329 g/mol. The highest BCUT2D eigenvalue weighted by Crippen LogP contribution is 2.16. The van der Waals surface area contributed by atoms with Crippen LogP contribution in [0.3, 0.4) is 0 Å². The van der Waals surface area contributed by atoms with Crippen molar-refractivity contribution in [2.75, 3.05) is 20.1 Å². The summed E-state index contributed by atoms with van der Waals surface area (Å²) in [6.45, 7) is 3.06. The molecule has 1 fully saturated rings. The highest BCUT2D eigenvalue weighted by molar-refractivity contribution is 5.85. The van der Waals surface area contributed by atoms with Gasteiger partial charge in [0.05, 0.1) is 0 Å². The number of aryl methyl sites for hydroxylation is 2. The molecule has 0 radical (unpaired) electrons. The highest BCUT2D eigenvalue weighted by Gasteiger charge is 2.26. The molecule has 1 aromatic rings. The van der Waals surface area contributed by atoms with Crippen LogP contribution in [0.1, 0.15) is 32.0 Å². The number of hydrogen-bond donors (Lipinski definition) is 0. The van der Waals surface area contributed by atoms with E-state index in [4.69, 9.17) is 0 Å². The van der Waals surface area contributed by atoms with Crippen LogP contribution < -0.4 is 0 Å². The lowest BCUT2D eigenvalue weighted by Crippen LogP contribution is -2.46. The van der Waals surface area contributed by atoms with Gasteiger partial charge in [-0.2, -0.15) is 0 Å². The van der Waals surface area contributed by atoms with Crippen molar-refractivity contribution < 1.29 is 9.59 Å². The first-order valence-corrected chi connectivity index (χ1v) is 7.46.